The number of carboxylic acid groups (broad SMARTS) is 1. The van der Waals surface area contributed by atoms with Gasteiger partial charge in [0.25, 0.3) is 11.8 Å². The summed E-state index contributed by atoms with van der Waals surface area (Å²) in [5.74, 6) is -1.43. The van der Waals surface area contributed by atoms with Gasteiger partial charge in [-0.3, -0.25) is 9.59 Å². The van der Waals surface area contributed by atoms with Crippen LogP contribution in [0.3, 0.4) is 0 Å². The van der Waals surface area contributed by atoms with Gasteiger partial charge in [0.1, 0.15) is 0 Å². The zero-order valence-electron chi connectivity index (χ0n) is 15.8. The molecule has 2 N–H and O–H groups in total. The quantitative estimate of drug-likeness (QED) is 0.786. The predicted molar refractivity (Wildman–Crippen MR) is 103 cm³/mol. The smallest absolute Gasteiger partial charge is 0.335 e. The summed E-state index contributed by atoms with van der Waals surface area (Å²) in [6, 6.07) is 11.6. The number of nitrogens with zero attached hydrogens (tertiary/aromatic N) is 1. The van der Waals surface area contributed by atoms with E-state index in [0.717, 1.165) is 5.56 Å². The number of hydrogen-bond donors (Lipinski definition) is 2. The summed E-state index contributed by atoms with van der Waals surface area (Å²) in [6.07, 6.45) is 0. The third-order valence-electron chi connectivity index (χ3n) is 4.29. The maximum atomic E-state index is 12.3. The van der Waals surface area contributed by atoms with E-state index in [1.165, 1.54) is 12.1 Å². The fraction of sp³-hybridized carbons (Fsp3) is 0.286. The average molecular weight is 368 g/mol. The average Bonchev–Trinajstić information content (AvgIpc) is 2.66. The molecular formula is C21H24N2O4. The number of rotatable bonds is 7. The Hall–Kier alpha value is -3.15. The fourth-order valence-electron chi connectivity index (χ4n) is 2.78. The van der Waals surface area contributed by atoms with Crippen molar-refractivity contribution in [3.05, 3.63) is 70.3 Å². The van der Waals surface area contributed by atoms with Crippen molar-refractivity contribution in [2.24, 2.45) is 0 Å². The first-order valence-corrected chi connectivity index (χ1v) is 8.87. The summed E-state index contributed by atoms with van der Waals surface area (Å²) in [5.41, 5.74) is 2.56. The molecule has 0 aromatic heterocycles. The number of aromatic carboxylic acids is 1. The number of hydrogen-bond acceptors (Lipinski definition) is 3. The summed E-state index contributed by atoms with van der Waals surface area (Å²) in [6.45, 7) is 7.21. The van der Waals surface area contributed by atoms with Crippen LogP contribution >= 0.6 is 0 Å². The molecule has 0 aliphatic carbocycles. The Morgan fingerprint density at radius 3 is 2.07 bits per heavy atom. The summed E-state index contributed by atoms with van der Waals surface area (Å²) < 4.78 is 0. The summed E-state index contributed by atoms with van der Waals surface area (Å²) in [5, 5.41) is 11.9. The van der Waals surface area contributed by atoms with Crippen molar-refractivity contribution >= 4 is 17.8 Å². The topological polar surface area (TPSA) is 86.7 Å². The van der Waals surface area contributed by atoms with Crippen LogP contribution in [0.1, 0.15) is 56.0 Å². The highest BCUT2D eigenvalue weighted by Crippen LogP contribution is 2.11. The van der Waals surface area contributed by atoms with Crippen LogP contribution < -0.4 is 5.32 Å². The van der Waals surface area contributed by atoms with Crippen molar-refractivity contribution in [3.63, 3.8) is 0 Å². The maximum absolute atomic E-state index is 12.3. The van der Waals surface area contributed by atoms with Crippen LogP contribution in [0.5, 0.6) is 0 Å². The second-order valence-electron chi connectivity index (χ2n) is 6.25. The molecule has 0 fully saturated rings. The van der Waals surface area contributed by atoms with Crippen LogP contribution in [0.25, 0.3) is 0 Å². The number of carbonyl (C=O) groups excluding carboxylic acids is 2. The Morgan fingerprint density at radius 1 is 0.926 bits per heavy atom. The third kappa shape index (κ3) is 5.17. The lowest BCUT2D eigenvalue weighted by molar-refractivity contribution is 0.0695. The molecule has 0 saturated carbocycles. The van der Waals surface area contributed by atoms with Crippen molar-refractivity contribution in [1.29, 1.82) is 0 Å². The third-order valence-corrected chi connectivity index (χ3v) is 4.29. The molecule has 0 unspecified atom stereocenters. The van der Waals surface area contributed by atoms with E-state index in [0.29, 0.717) is 29.8 Å². The lowest BCUT2D eigenvalue weighted by Crippen LogP contribution is -2.30. The summed E-state index contributed by atoms with van der Waals surface area (Å²) in [4.78, 5) is 37.5. The molecule has 2 rings (SSSR count). The number of benzene rings is 2. The van der Waals surface area contributed by atoms with E-state index in [2.05, 4.69) is 5.32 Å². The fourth-order valence-corrected chi connectivity index (χ4v) is 2.78. The molecule has 0 saturated heterocycles. The Morgan fingerprint density at radius 2 is 1.52 bits per heavy atom. The van der Waals surface area contributed by atoms with Crippen molar-refractivity contribution < 1.29 is 19.5 Å². The van der Waals surface area contributed by atoms with Crippen LogP contribution in [0.4, 0.5) is 0 Å². The lowest BCUT2D eigenvalue weighted by Gasteiger charge is -2.18. The van der Waals surface area contributed by atoms with Crippen molar-refractivity contribution in [2.75, 3.05) is 13.1 Å². The van der Waals surface area contributed by atoms with E-state index in [1.807, 2.05) is 13.8 Å². The molecule has 6 heteroatoms. The molecule has 0 heterocycles. The van der Waals surface area contributed by atoms with Crippen molar-refractivity contribution in [3.8, 4) is 0 Å². The Balaban J connectivity index is 2.03. The molecule has 0 radical (unpaired) electrons. The van der Waals surface area contributed by atoms with Crippen LogP contribution in [-0.4, -0.2) is 40.9 Å². The Bertz CT molecular complexity index is 840. The maximum Gasteiger partial charge on any atom is 0.335 e. The van der Waals surface area contributed by atoms with Crippen LogP contribution in [-0.2, 0) is 6.54 Å². The molecule has 2 aromatic carbocycles. The van der Waals surface area contributed by atoms with Gasteiger partial charge in [-0.05, 0) is 62.2 Å². The van der Waals surface area contributed by atoms with Gasteiger partial charge in [-0.25, -0.2) is 4.79 Å². The van der Waals surface area contributed by atoms with Crippen LogP contribution in [0.15, 0.2) is 42.5 Å². The number of aryl methyl sites for hydroxylation is 1. The van der Waals surface area contributed by atoms with Crippen LogP contribution in [0.2, 0.25) is 0 Å². The van der Waals surface area contributed by atoms with E-state index in [9.17, 15) is 14.4 Å². The highest BCUT2D eigenvalue weighted by atomic mass is 16.4. The Kier molecular flexibility index (Phi) is 6.71. The van der Waals surface area contributed by atoms with Gasteiger partial charge in [0.05, 0.1) is 5.56 Å². The molecule has 0 aliphatic heterocycles. The van der Waals surface area contributed by atoms with Gasteiger partial charge in [-0.1, -0.05) is 12.1 Å². The minimum absolute atomic E-state index is 0.0171. The molecule has 0 atom stereocenters. The van der Waals surface area contributed by atoms with E-state index < -0.39 is 5.97 Å². The SMILES string of the molecule is CCN(CC)C(=O)c1ccc(CNC(=O)c2cc(C)cc(C(=O)O)c2)cc1. The molecule has 27 heavy (non-hydrogen) atoms. The highest BCUT2D eigenvalue weighted by Gasteiger charge is 2.13. The number of carboxylic acids is 1. The number of amides is 2. The van der Waals surface area contributed by atoms with Gasteiger partial charge in [0.15, 0.2) is 0 Å². The van der Waals surface area contributed by atoms with Gasteiger partial charge in [-0.15, -0.1) is 0 Å². The molecule has 2 aromatic rings. The first-order valence-electron chi connectivity index (χ1n) is 8.87. The Labute approximate surface area is 158 Å². The first-order chi connectivity index (χ1) is 12.8. The van der Waals surface area contributed by atoms with E-state index in [1.54, 1.807) is 42.2 Å². The lowest BCUT2D eigenvalue weighted by atomic mass is 10.1. The second kappa shape index (κ2) is 8.98. The number of nitrogens with one attached hydrogen (secondary N) is 1. The predicted octanol–water partition coefficient (Wildman–Crippen LogP) is 3.11. The van der Waals surface area contributed by atoms with Gasteiger partial charge < -0.3 is 15.3 Å². The molecule has 2 amide bonds. The van der Waals surface area contributed by atoms with Crippen LogP contribution in [0, 0.1) is 6.92 Å². The van der Waals surface area contributed by atoms with Gasteiger partial charge >= 0.3 is 5.97 Å². The van der Waals surface area contributed by atoms with E-state index >= 15 is 0 Å². The summed E-state index contributed by atoms with van der Waals surface area (Å²) >= 11 is 0. The minimum atomic E-state index is -1.07. The molecule has 0 aliphatic rings. The largest absolute Gasteiger partial charge is 0.478 e. The second-order valence-corrected chi connectivity index (χ2v) is 6.25. The zero-order chi connectivity index (χ0) is 20.0. The molecule has 6 nitrogen and oxygen atoms in total. The first kappa shape index (κ1) is 20.2. The van der Waals surface area contributed by atoms with Gasteiger partial charge in [0.2, 0.25) is 0 Å². The zero-order valence-corrected chi connectivity index (χ0v) is 15.8. The molecular weight excluding hydrogens is 344 g/mol. The standard InChI is InChI=1S/C21H24N2O4/c1-4-23(5-2)20(25)16-8-6-15(7-9-16)13-22-19(24)17-10-14(3)11-18(12-17)21(26)27/h6-12H,4-5,13H2,1-3H3,(H,22,24)(H,26,27). The monoisotopic (exact) mass is 368 g/mol. The van der Waals surface area contributed by atoms with Gasteiger partial charge in [0, 0.05) is 30.8 Å². The van der Waals surface area contributed by atoms with Crippen molar-refractivity contribution in [2.45, 2.75) is 27.3 Å². The minimum Gasteiger partial charge on any atom is -0.478 e. The molecule has 142 valence electrons. The normalized spacial score (nSPS) is 10.3. The van der Waals surface area contributed by atoms with E-state index in [4.69, 9.17) is 5.11 Å². The number of carbonyl (C=O) groups is 3. The highest BCUT2D eigenvalue weighted by molar-refractivity contribution is 5.98. The van der Waals surface area contributed by atoms with E-state index in [-0.39, 0.29) is 23.9 Å². The summed E-state index contributed by atoms with van der Waals surface area (Å²) in [7, 11) is 0. The molecule has 0 spiro atoms. The molecule has 0 bridgehead atoms. The van der Waals surface area contributed by atoms with Crippen molar-refractivity contribution in [1.82, 2.24) is 10.2 Å². The van der Waals surface area contributed by atoms with Gasteiger partial charge in [-0.2, -0.15) is 0 Å².